The summed E-state index contributed by atoms with van der Waals surface area (Å²) in [7, 11) is 0. The van der Waals surface area contributed by atoms with Crippen LogP contribution in [0.15, 0.2) is 23.4 Å². The van der Waals surface area contributed by atoms with Crippen molar-refractivity contribution >= 4 is 5.65 Å². The lowest BCUT2D eigenvalue weighted by molar-refractivity contribution is 0.0566. The van der Waals surface area contributed by atoms with E-state index in [1.165, 1.54) is 12.4 Å². The van der Waals surface area contributed by atoms with Crippen molar-refractivity contribution in [3.63, 3.8) is 0 Å². The standard InChI is InChI=1S/C14H12F2N6O/c1-7(2)10-11(9-5-18-21(6-9)14(15)16)20-12-8(3-17)4-19-22(12)13(10)23/h4-7,14,20H,1-2H3. The Kier molecular flexibility index (Phi) is 3.44. The monoisotopic (exact) mass is 318 g/mol. The van der Waals surface area contributed by atoms with Gasteiger partial charge in [-0.15, -0.1) is 0 Å². The van der Waals surface area contributed by atoms with Crippen molar-refractivity contribution < 1.29 is 8.78 Å². The zero-order valence-electron chi connectivity index (χ0n) is 12.3. The molecule has 0 amide bonds. The first-order valence-corrected chi connectivity index (χ1v) is 6.80. The van der Waals surface area contributed by atoms with E-state index in [2.05, 4.69) is 15.2 Å². The van der Waals surface area contributed by atoms with E-state index in [1.807, 2.05) is 19.9 Å². The fourth-order valence-corrected chi connectivity index (χ4v) is 2.45. The molecule has 0 radical (unpaired) electrons. The number of fused-ring (bicyclic) bond motifs is 1. The molecule has 7 nitrogen and oxygen atoms in total. The van der Waals surface area contributed by atoms with Gasteiger partial charge >= 0.3 is 6.55 Å². The van der Waals surface area contributed by atoms with Gasteiger partial charge < -0.3 is 4.98 Å². The molecule has 3 heterocycles. The molecule has 0 bridgehead atoms. The number of alkyl halides is 2. The number of nitriles is 1. The van der Waals surface area contributed by atoms with Gasteiger partial charge in [-0.3, -0.25) is 4.79 Å². The van der Waals surface area contributed by atoms with E-state index in [1.54, 1.807) is 0 Å². The molecule has 0 aromatic carbocycles. The summed E-state index contributed by atoms with van der Waals surface area (Å²) in [6, 6.07) is 1.93. The first-order chi connectivity index (χ1) is 10.9. The molecule has 0 aliphatic heterocycles. The Balaban J connectivity index is 2.35. The Hall–Kier alpha value is -3.02. The van der Waals surface area contributed by atoms with Crippen molar-refractivity contribution in [1.82, 2.24) is 24.4 Å². The molecule has 1 N–H and O–H groups in total. The number of aromatic amines is 1. The summed E-state index contributed by atoms with van der Waals surface area (Å²) in [4.78, 5) is 15.6. The summed E-state index contributed by atoms with van der Waals surface area (Å²) >= 11 is 0. The second-order valence-electron chi connectivity index (χ2n) is 5.29. The molecule has 3 aromatic heterocycles. The van der Waals surface area contributed by atoms with E-state index in [-0.39, 0.29) is 17.1 Å². The van der Waals surface area contributed by atoms with E-state index in [9.17, 15) is 13.6 Å². The number of hydrogen-bond donors (Lipinski definition) is 1. The van der Waals surface area contributed by atoms with Gasteiger partial charge in [0.05, 0.1) is 18.1 Å². The second-order valence-corrected chi connectivity index (χ2v) is 5.29. The number of hydrogen-bond acceptors (Lipinski definition) is 4. The summed E-state index contributed by atoms with van der Waals surface area (Å²) in [5.41, 5.74) is 1.12. The minimum atomic E-state index is -2.77. The van der Waals surface area contributed by atoms with Gasteiger partial charge in [-0.2, -0.15) is 28.8 Å². The Morgan fingerprint density at radius 2 is 2.04 bits per heavy atom. The maximum Gasteiger partial charge on any atom is 0.333 e. The van der Waals surface area contributed by atoms with Crippen LogP contribution in [0.4, 0.5) is 8.78 Å². The minimum Gasteiger partial charge on any atom is -0.338 e. The minimum absolute atomic E-state index is 0.178. The molecule has 0 saturated carbocycles. The molecule has 0 saturated heterocycles. The van der Waals surface area contributed by atoms with Crippen molar-refractivity contribution in [1.29, 1.82) is 5.26 Å². The van der Waals surface area contributed by atoms with Gasteiger partial charge in [0.25, 0.3) is 5.56 Å². The number of nitrogens with one attached hydrogen (secondary N) is 1. The normalized spacial score (nSPS) is 11.5. The quantitative estimate of drug-likeness (QED) is 0.802. The van der Waals surface area contributed by atoms with Gasteiger partial charge in [0.1, 0.15) is 11.6 Å². The van der Waals surface area contributed by atoms with E-state index in [4.69, 9.17) is 5.26 Å². The summed E-state index contributed by atoms with van der Waals surface area (Å²) in [5.74, 6) is -0.178. The lowest BCUT2D eigenvalue weighted by Crippen LogP contribution is -2.22. The zero-order valence-corrected chi connectivity index (χ0v) is 12.3. The fraction of sp³-hybridized carbons (Fsp3) is 0.286. The highest BCUT2D eigenvalue weighted by atomic mass is 19.3. The topological polar surface area (TPSA) is 91.8 Å². The molecule has 118 valence electrons. The van der Waals surface area contributed by atoms with Crippen LogP contribution < -0.4 is 5.56 Å². The first kappa shape index (κ1) is 14.9. The summed E-state index contributed by atoms with van der Waals surface area (Å²) in [6.45, 7) is 0.851. The van der Waals surface area contributed by atoms with Crippen LogP contribution in [0, 0.1) is 11.3 Å². The predicted molar refractivity (Wildman–Crippen MR) is 77.1 cm³/mol. The average molecular weight is 318 g/mol. The molecule has 0 aliphatic carbocycles. The molecular formula is C14H12F2N6O. The van der Waals surface area contributed by atoms with Crippen LogP contribution in [0.5, 0.6) is 0 Å². The molecule has 9 heteroatoms. The van der Waals surface area contributed by atoms with Crippen molar-refractivity contribution in [3.05, 3.63) is 40.1 Å². The Bertz CT molecular complexity index is 975. The van der Waals surface area contributed by atoms with Gasteiger partial charge in [-0.05, 0) is 5.92 Å². The molecule has 0 fully saturated rings. The van der Waals surface area contributed by atoms with Gasteiger partial charge in [-0.25, -0.2) is 4.68 Å². The van der Waals surface area contributed by atoms with Crippen LogP contribution in [0.25, 0.3) is 16.9 Å². The van der Waals surface area contributed by atoms with Crippen LogP contribution >= 0.6 is 0 Å². The van der Waals surface area contributed by atoms with Crippen molar-refractivity contribution in [2.24, 2.45) is 0 Å². The SMILES string of the molecule is CC(C)c1c(-c2cnn(C(F)F)c2)[nH]c2c(C#N)cnn2c1=O. The Morgan fingerprint density at radius 3 is 2.61 bits per heavy atom. The molecule has 3 aromatic rings. The van der Waals surface area contributed by atoms with Crippen molar-refractivity contribution in [2.45, 2.75) is 26.3 Å². The van der Waals surface area contributed by atoms with Crippen LogP contribution in [-0.4, -0.2) is 24.4 Å². The van der Waals surface area contributed by atoms with Gasteiger partial charge in [0.15, 0.2) is 5.65 Å². The van der Waals surface area contributed by atoms with Crippen LogP contribution in [-0.2, 0) is 0 Å². The van der Waals surface area contributed by atoms with Gasteiger partial charge in [0.2, 0.25) is 0 Å². The second kappa shape index (κ2) is 5.31. The first-order valence-electron chi connectivity index (χ1n) is 6.80. The zero-order chi connectivity index (χ0) is 16.7. The number of aromatic nitrogens is 5. The third-order valence-electron chi connectivity index (χ3n) is 3.49. The highest BCUT2D eigenvalue weighted by molar-refractivity contribution is 5.67. The fourth-order valence-electron chi connectivity index (χ4n) is 2.45. The summed E-state index contributed by atoms with van der Waals surface area (Å²) < 4.78 is 27.1. The smallest absolute Gasteiger partial charge is 0.333 e. The lowest BCUT2D eigenvalue weighted by atomic mass is 10.00. The van der Waals surface area contributed by atoms with Gasteiger partial charge in [-0.1, -0.05) is 13.8 Å². The Labute approximate surface area is 128 Å². The predicted octanol–water partition coefficient (Wildman–Crippen LogP) is 2.28. The number of halogens is 2. The molecular weight excluding hydrogens is 306 g/mol. The maximum atomic E-state index is 12.7. The average Bonchev–Trinajstić information content (AvgIpc) is 3.13. The van der Waals surface area contributed by atoms with E-state index in [0.717, 1.165) is 10.7 Å². The third kappa shape index (κ3) is 2.28. The van der Waals surface area contributed by atoms with E-state index >= 15 is 0 Å². The molecule has 0 atom stereocenters. The molecule has 0 spiro atoms. The molecule has 23 heavy (non-hydrogen) atoms. The van der Waals surface area contributed by atoms with Crippen LogP contribution in [0.1, 0.15) is 37.4 Å². The summed E-state index contributed by atoms with van der Waals surface area (Å²) in [5, 5.41) is 16.6. The number of nitrogens with zero attached hydrogens (tertiary/aromatic N) is 5. The maximum absolute atomic E-state index is 12.7. The largest absolute Gasteiger partial charge is 0.338 e. The number of rotatable bonds is 3. The summed E-state index contributed by atoms with van der Waals surface area (Å²) in [6.07, 6.45) is 3.69. The van der Waals surface area contributed by atoms with Crippen LogP contribution in [0.3, 0.4) is 0 Å². The van der Waals surface area contributed by atoms with E-state index < -0.39 is 12.1 Å². The van der Waals surface area contributed by atoms with Crippen LogP contribution in [0.2, 0.25) is 0 Å². The molecule has 0 aliphatic rings. The lowest BCUT2D eigenvalue weighted by Gasteiger charge is -2.11. The van der Waals surface area contributed by atoms with Crippen molar-refractivity contribution in [3.8, 4) is 17.3 Å². The van der Waals surface area contributed by atoms with Crippen molar-refractivity contribution in [2.75, 3.05) is 0 Å². The number of H-pyrrole nitrogens is 1. The molecule has 0 unspecified atom stereocenters. The highest BCUT2D eigenvalue weighted by Crippen LogP contribution is 2.26. The Morgan fingerprint density at radius 1 is 1.30 bits per heavy atom. The molecule has 3 rings (SSSR count). The van der Waals surface area contributed by atoms with E-state index in [0.29, 0.717) is 21.5 Å². The van der Waals surface area contributed by atoms with Gasteiger partial charge in [0, 0.05) is 17.3 Å². The highest BCUT2D eigenvalue weighted by Gasteiger charge is 2.20. The third-order valence-corrected chi connectivity index (χ3v) is 3.49.